The van der Waals surface area contributed by atoms with Gasteiger partial charge in [-0.1, -0.05) is 6.07 Å². The topological polar surface area (TPSA) is 100 Å². The Labute approximate surface area is 155 Å². The Morgan fingerprint density at radius 3 is 2.88 bits per heavy atom. The van der Waals surface area contributed by atoms with Crippen molar-refractivity contribution in [1.82, 2.24) is 20.3 Å². The number of amides is 1. The van der Waals surface area contributed by atoms with E-state index < -0.39 is 0 Å². The molecule has 0 saturated heterocycles. The normalized spacial score (nSPS) is 12.1. The van der Waals surface area contributed by atoms with E-state index in [4.69, 9.17) is 5.11 Å². The van der Waals surface area contributed by atoms with Crippen LogP contribution >= 0.6 is 11.3 Å². The molecular formula is C18H21N5O2S. The number of anilines is 1. The number of aryl methyl sites for hydroxylation is 1. The van der Waals surface area contributed by atoms with Crippen LogP contribution in [-0.2, 0) is 6.42 Å². The van der Waals surface area contributed by atoms with Crippen LogP contribution in [0.25, 0.3) is 10.2 Å². The van der Waals surface area contributed by atoms with Gasteiger partial charge in [-0.2, -0.15) is 0 Å². The van der Waals surface area contributed by atoms with E-state index in [1.165, 1.54) is 17.7 Å². The summed E-state index contributed by atoms with van der Waals surface area (Å²) in [5.41, 5.74) is 1.85. The number of thiophene rings is 1. The van der Waals surface area contributed by atoms with E-state index in [1.807, 2.05) is 25.1 Å². The maximum absolute atomic E-state index is 12.4. The average molecular weight is 371 g/mol. The highest BCUT2D eigenvalue weighted by Gasteiger charge is 2.20. The number of carbonyl (C=O) groups is 1. The van der Waals surface area contributed by atoms with Crippen LogP contribution in [0, 0.1) is 6.92 Å². The minimum absolute atomic E-state index is 0.101. The van der Waals surface area contributed by atoms with E-state index >= 15 is 0 Å². The van der Waals surface area contributed by atoms with Crippen molar-refractivity contribution in [3.63, 3.8) is 0 Å². The third-order valence-electron chi connectivity index (χ3n) is 3.98. The molecular weight excluding hydrogens is 350 g/mol. The molecule has 7 nitrogen and oxygen atoms in total. The van der Waals surface area contributed by atoms with Crippen LogP contribution in [0.4, 0.5) is 5.82 Å². The molecule has 3 aromatic heterocycles. The summed E-state index contributed by atoms with van der Waals surface area (Å²) >= 11 is 1.33. The number of hydrogen-bond acceptors (Lipinski definition) is 7. The number of aliphatic hydroxyl groups excluding tert-OH is 1. The lowest BCUT2D eigenvalue weighted by Crippen LogP contribution is -2.34. The summed E-state index contributed by atoms with van der Waals surface area (Å²) in [5, 5.41) is 16.1. The van der Waals surface area contributed by atoms with Gasteiger partial charge in [0.25, 0.3) is 5.91 Å². The first-order chi connectivity index (χ1) is 12.6. The van der Waals surface area contributed by atoms with E-state index in [0.717, 1.165) is 27.9 Å². The SMILES string of the molecule is Cc1c(C(=O)NC(C)CO)sc2ncnc(NCCc3ccccn3)c12. The first-order valence-electron chi connectivity index (χ1n) is 8.39. The molecule has 0 spiro atoms. The number of carbonyl (C=O) groups excluding carboxylic acids is 1. The van der Waals surface area contributed by atoms with Crippen LogP contribution in [0.1, 0.15) is 27.9 Å². The van der Waals surface area contributed by atoms with E-state index in [1.54, 1.807) is 13.1 Å². The van der Waals surface area contributed by atoms with Gasteiger partial charge in [0.15, 0.2) is 0 Å². The molecule has 0 aliphatic heterocycles. The smallest absolute Gasteiger partial charge is 0.262 e. The fourth-order valence-corrected chi connectivity index (χ4v) is 3.66. The summed E-state index contributed by atoms with van der Waals surface area (Å²) in [6.07, 6.45) is 4.05. The second-order valence-corrected chi connectivity index (χ2v) is 7.01. The Morgan fingerprint density at radius 2 is 2.15 bits per heavy atom. The molecule has 0 aromatic carbocycles. The van der Waals surface area contributed by atoms with Crippen LogP contribution < -0.4 is 10.6 Å². The number of rotatable bonds is 7. The molecule has 26 heavy (non-hydrogen) atoms. The number of aromatic nitrogens is 3. The zero-order valence-electron chi connectivity index (χ0n) is 14.7. The predicted octanol–water partition coefficient (Wildman–Crippen LogP) is 2.16. The van der Waals surface area contributed by atoms with Crippen LogP contribution in [0.2, 0.25) is 0 Å². The van der Waals surface area contributed by atoms with Gasteiger partial charge in [-0.3, -0.25) is 9.78 Å². The van der Waals surface area contributed by atoms with Crippen molar-refractivity contribution in [1.29, 1.82) is 0 Å². The van der Waals surface area contributed by atoms with Crippen LogP contribution in [0.5, 0.6) is 0 Å². The lowest BCUT2D eigenvalue weighted by Gasteiger charge is -2.10. The highest BCUT2D eigenvalue weighted by atomic mass is 32.1. The van der Waals surface area contributed by atoms with Crippen molar-refractivity contribution >= 4 is 33.3 Å². The van der Waals surface area contributed by atoms with E-state index in [2.05, 4.69) is 25.6 Å². The summed E-state index contributed by atoms with van der Waals surface area (Å²) in [6.45, 7) is 4.23. The standard InChI is InChI=1S/C18H21N5O2S/c1-11(9-24)23-17(25)15-12(2)14-16(21-10-22-18(14)26-15)20-8-6-13-5-3-4-7-19-13/h3-5,7,10-11,24H,6,8-9H2,1-2H3,(H,23,25)(H,20,21,22). The molecule has 3 heterocycles. The summed E-state index contributed by atoms with van der Waals surface area (Å²) in [6, 6.07) is 5.54. The van der Waals surface area contributed by atoms with Gasteiger partial charge >= 0.3 is 0 Å². The second-order valence-electron chi connectivity index (χ2n) is 6.01. The number of fused-ring (bicyclic) bond motifs is 1. The molecule has 8 heteroatoms. The van der Waals surface area contributed by atoms with Gasteiger partial charge in [0.05, 0.1) is 16.9 Å². The molecule has 3 rings (SSSR count). The Morgan fingerprint density at radius 1 is 1.31 bits per heavy atom. The summed E-state index contributed by atoms with van der Waals surface area (Å²) in [5.74, 6) is 0.514. The second kappa shape index (κ2) is 8.20. The molecule has 0 aliphatic rings. The fraction of sp³-hybridized carbons (Fsp3) is 0.333. The third kappa shape index (κ3) is 3.97. The van der Waals surface area contributed by atoms with Gasteiger partial charge < -0.3 is 15.7 Å². The first kappa shape index (κ1) is 18.2. The highest BCUT2D eigenvalue weighted by molar-refractivity contribution is 7.20. The summed E-state index contributed by atoms with van der Waals surface area (Å²) in [4.78, 5) is 26.7. The minimum atomic E-state index is -0.297. The van der Waals surface area contributed by atoms with Crippen molar-refractivity contribution in [2.45, 2.75) is 26.3 Å². The number of hydrogen-bond donors (Lipinski definition) is 3. The lowest BCUT2D eigenvalue weighted by atomic mass is 10.2. The quantitative estimate of drug-likeness (QED) is 0.588. The molecule has 3 N–H and O–H groups in total. The first-order valence-corrected chi connectivity index (χ1v) is 9.21. The van der Waals surface area contributed by atoms with Crippen molar-refractivity contribution in [2.24, 2.45) is 0 Å². The molecule has 1 atom stereocenters. The molecule has 3 aromatic rings. The molecule has 136 valence electrons. The van der Waals surface area contributed by atoms with Crippen LogP contribution in [-0.4, -0.2) is 45.2 Å². The summed E-state index contributed by atoms with van der Waals surface area (Å²) in [7, 11) is 0. The number of nitrogens with one attached hydrogen (secondary N) is 2. The van der Waals surface area contributed by atoms with Crippen molar-refractivity contribution < 1.29 is 9.90 Å². The molecule has 1 unspecified atom stereocenters. The zero-order chi connectivity index (χ0) is 18.5. The summed E-state index contributed by atoms with van der Waals surface area (Å²) < 4.78 is 0. The molecule has 0 fully saturated rings. The molecule has 1 amide bonds. The third-order valence-corrected chi connectivity index (χ3v) is 5.18. The molecule has 0 radical (unpaired) electrons. The van der Waals surface area contributed by atoms with Gasteiger partial charge in [-0.15, -0.1) is 11.3 Å². The Balaban J connectivity index is 1.79. The maximum atomic E-state index is 12.4. The lowest BCUT2D eigenvalue weighted by molar-refractivity contribution is 0.0926. The van der Waals surface area contributed by atoms with Crippen LogP contribution in [0.3, 0.4) is 0 Å². The van der Waals surface area contributed by atoms with Crippen LogP contribution in [0.15, 0.2) is 30.7 Å². The number of nitrogens with zero attached hydrogens (tertiary/aromatic N) is 3. The van der Waals surface area contributed by atoms with Gasteiger partial charge in [0.1, 0.15) is 17.0 Å². The molecule has 0 bridgehead atoms. The Kier molecular flexibility index (Phi) is 5.75. The van der Waals surface area contributed by atoms with Crippen molar-refractivity contribution in [3.8, 4) is 0 Å². The monoisotopic (exact) mass is 371 g/mol. The Bertz CT molecular complexity index is 897. The van der Waals surface area contributed by atoms with E-state index in [9.17, 15) is 4.79 Å². The Hall–Kier alpha value is -2.58. The number of pyridine rings is 1. The van der Waals surface area contributed by atoms with Crippen molar-refractivity contribution in [2.75, 3.05) is 18.5 Å². The fourth-order valence-electron chi connectivity index (χ4n) is 2.61. The molecule has 0 saturated carbocycles. The van der Waals surface area contributed by atoms with Gasteiger partial charge in [0, 0.05) is 30.9 Å². The predicted molar refractivity (Wildman–Crippen MR) is 103 cm³/mol. The highest BCUT2D eigenvalue weighted by Crippen LogP contribution is 2.33. The van der Waals surface area contributed by atoms with E-state index in [-0.39, 0.29) is 18.6 Å². The van der Waals surface area contributed by atoms with Gasteiger partial charge in [0.2, 0.25) is 0 Å². The van der Waals surface area contributed by atoms with E-state index in [0.29, 0.717) is 17.2 Å². The van der Waals surface area contributed by atoms with Gasteiger partial charge in [-0.25, -0.2) is 9.97 Å². The van der Waals surface area contributed by atoms with Crippen molar-refractivity contribution in [3.05, 3.63) is 46.9 Å². The number of aliphatic hydroxyl groups is 1. The van der Waals surface area contributed by atoms with Gasteiger partial charge in [-0.05, 0) is 31.5 Å². The minimum Gasteiger partial charge on any atom is -0.394 e. The average Bonchev–Trinajstić information content (AvgIpc) is 3.00. The molecule has 0 aliphatic carbocycles. The largest absolute Gasteiger partial charge is 0.394 e. The maximum Gasteiger partial charge on any atom is 0.262 e. The zero-order valence-corrected chi connectivity index (χ0v) is 15.5.